The number of methoxy groups -OCH3 is 2. The molecule has 0 atom stereocenters. The molecule has 0 spiro atoms. The van der Waals surface area contributed by atoms with Crippen molar-refractivity contribution in [2.24, 2.45) is 10.7 Å². The molecule has 0 aliphatic heterocycles. The highest BCUT2D eigenvalue weighted by Gasteiger charge is 2.14. The average Bonchev–Trinajstić information content (AvgIpc) is 2.72. The third-order valence-electron chi connectivity index (χ3n) is 4.08. The van der Waals surface area contributed by atoms with Gasteiger partial charge in [0, 0.05) is 37.6 Å². The second kappa shape index (κ2) is 10.8. The molecule has 0 saturated carbocycles. The first-order valence-corrected chi connectivity index (χ1v) is 8.90. The van der Waals surface area contributed by atoms with Crippen LogP contribution in [0.5, 0.6) is 5.75 Å². The Labute approximate surface area is 170 Å². The minimum absolute atomic E-state index is 0.0458. The lowest BCUT2D eigenvalue weighted by Gasteiger charge is -2.19. The van der Waals surface area contributed by atoms with E-state index in [1.807, 2.05) is 6.19 Å². The normalized spacial score (nSPS) is 11.3. The van der Waals surface area contributed by atoms with Crippen LogP contribution in [0.3, 0.4) is 0 Å². The highest BCUT2D eigenvalue weighted by Crippen LogP contribution is 2.24. The van der Waals surface area contributed by atoms with Gasteiger partial charge in [-0.25, -0.2) is 9.89 Å². The molecule has 0 aliphatic carbocycles. The maximum absolute atomic E-state index is 9.54. The van der Waals surface area contributed by atoms with Crippen LogP contribution < -0.4 is 21.9 Å². The molecular formula is C20H26N6O3. The van der Waals surface area contributed by atoms with Gasteiger partial charge in [-0.3, -0.25) is 0 Å². The molecule has 0 aliphatic rings. The zero-order valence-electron chi connectivity index (χ0n) is 16.5. The second-order valence-corrected chi connectivity index (χ2v) is 6.15. The van der Waals surface area contributed by atoms with Gasteiger partial charge >= 0.3 is 0 Å². The minimum atomic E-state index is -0.356. The van der Waals surface area contributed by atoms with Crippen molar-refractivity contribution in [1.82, 2.24) is 4.90 Å². The molecule has 2 rings (SSSR count). The molecule has 0 bridgehead atoms. The Kier molecular flexibility index (Phi) is 8.09. The largest absolute Gasteiger partial charge is 0.493 e. The highest BCUT2D eigenvalue weighted by molar-refractivity contribution is 5.82. The smallest absolute Gasteiger partial charge is 0.210 e. The predicted octanol–water partition coefficient (Wildman–Crippen LogP) is 2.17. The lowest BCUT2D eigenvalue weighted by Crippen LogP contribution is -2.33. The van der Waals surface area contributed by atoms with Gasteiger partial charge in [-0.05, 0) is 42.5 Å². The molecule has 0 amide bonds. The molecule has 0 heterocycles. The SMILES string of the molecule is COC(CCOc1ccc(N)cc1CN(C#N)C(N)=Nc1ccc(N)cc1)OC. The Hall–Kier alpha value is -3.48. The van der Waals surface area contributed by atoms with Crippen LogP contribution in [0.1, 0.15) is 12.0 Å². The quantitative estimate of drug-likeness (QED) is 0.145. The average molecular weight is 398 g/mol. The standard InChI is InChI=1S/C20H26N6O3/c1-27-19(28-2)9-10-29-18-8-5-16(23)11-14(18)12-26(13-21)20(24)25-17-6-3-15(22)4-7-17/h3-8,11,19H,9-10,12,22-23H2,1-2H3,(H2,24,25). The van der Waals surface area contributed by atoms with Crippen LogP contribution in [0.4, 0.5) is 17.1 Å². The van der Waals surface area contributed by atoms with Gasteiger partial charge in [0.15, 0.2) is 12.5 Å². The fourth-order valence-corrected chi connectivity index (χ4v) is 2.54. The number of guanidine groups is 1. The molecule has 29 heavy (non-hydrogen) atoms. The molecule has 9 nitrogen and oxygen atoms in total. The van der Waals surface area contributed by atoms with Crippen molar-refractivity contribution >= 4 is 23.0 Å². The monoisotopic (exact) mass is 398 g/mol. The summed E-state index contributed by atoms with van der Waals surface area (Å²) in [7, 11) is 3.13. The molecule has 0 saturated heterocycles. The van der Waals surface area contributed by atoms with Crippen LogP contribution >= 0.6 is 0 Å². The van der Waals surface area contributed by atoms with E-state index >= 15 is 0 Å². The summed E-state index contributed by atoms with van der Waals surface area (Å²) in [4.78, 5) is 5.52. The van der Waals surface area contributed by atoms with Crippen molar-refractivity contribution in [3.05, 3.63) is 48.0 Å². The molecule has 0 fully saturated rings. The zero-order chi connectivity index (χ0) is 21.2. The summed E-state index contributed by atoms with van der Waals surface area (Å²) in [5.74, 6) is 0.634. The van der Waals surface area contributed by atoms with Gasteiger partial charge in [0.2, 0.25) is 5.96 Å². The fourth-order valence-electron chi connectivity index (χ4n) is 2.54. The van der Waals surface area contributed by atoms with E-state index < -0.39 is 0 Å². The van der Waals surface area contributed by atoms with E-state index in [1.165, 1.54) is 4.90 Å². The minimum Gasteiger partial charge on any atom is -0.493 e. The number of nitrogens with two attached hydrogens (primary N) is 3. The molecule has 2 aromatic carbocycles. The van der Waals surface area contributed by atoms with E-state index in [4.69, 9.17) is 31.4 Å². The maximum atomic E-state index is 9.54. The van der Waals surface area contributed by atoms with Gasteiger partial charge in [-0.1, -0.05) is 0 Å². The Morgan fingerprint density at radius 3 is 2.38 bits per heavy atom. The predicted molar refractivity (Wildman–Crippen MR) is 112 cm³/mol. The first-order valence-electron chi connectivity index (χ1n) is 8.90. The third kappa shape index (κ3) is 6.57. The molecule has 6 N–H and O–H groups in total. The van der Waals surface area contributed by atoms with Crippen LogP contribution in [0.2, 0.25) is 0 Å². The molecular weight excluding hydrogens is 372 g/mol. The van der Waals surface area contributed by atoms with Gasteiger partial charge in [0.1, 0.15) is 5.75 Å². The number of benzene rings is 2. The highest BCUT2D eigenvalue weighted by atomic mass is 16.7. The number of hydrogen-bond donors (Lipinski definition) is 3. The summed E-state index contributed by atoms with van der Waals surface area (Å²) in [6.07, 6.45) is 2.22. The number of rotatable bonds is 9. The van der Waals surface area contributed by atoms with Crippen LogP contribution in [0.15, 0.2) is 47.5 Å². The Bertz CT molecular complexity index is 860. The number of hydrogen-bond acceptors (Lipinski definition) is 7. The number of nitriles is 1. The van der Waals surface area contributed by atoms with Crippen molar-refractivity contribution in [2.75, 3.05) is 32.3 Å². The first kappa shape index (κ1) is 21.8. The van der Waals surface area contributed by atoms with Crippen LogP contribution in [0.25, 0.3) is 0 Å². The molecule has 0 unspecified atom stereocenters. The van der Waals surface area contributed by atoms with Gasteiger partial charge < -0.3 is 31.4 Å². The lowest BCUT2D eigenvalue weighted by molar-refractivity contribution is -0.110. The van der Waals surface area contributed by atoms with E-state index in [1.54, 1.807) is 56.7 Å². The van der Waals surface area contributed by atoms with Gasteiger partial charge in [0.05, 0.1) is 18.8 Å². The summed E-state index contributed by atoms with van der Waals surface area (Å²) in [6, 6.07) is 12.1. The molecule has 9 heteroatoms. The number of aliphatic imine (C=N–C) groups is 1. The van der Waals surface area contributed by atoms with Crippen molar-refractivity contribution in [2.45, 2.75) is 19.3 Å². The van der Waals surface area contributed by atoms with Crippen molar-refractivity contribution in [1.29, 1.82) is 5.26 Å². The van der Waals surface area contributed by atoms with Crippen molar-refractivity contribution in [3.63, 3.8) is 0 Å². The Balaban J connectivity index is 2.14. The van der Waals surface area contributed by atoms with E-state index in [2.05, 4.69) is 4.99 Å². The third-order valence-corrected chi connectivity index (χ3v) is 4.08. The first-order chi connectivity index (χ1) is 14.0. The van der Waals surface area contributed by atoms with Crippen LogP contribution in [0, 0.1) is 11.5 Å². The summed E-state index contributed by atoms with van der Waals surface area (Å²) < 4.78 is 16.1. The van der Waals surface area contributed by atoms with Gasteiger partial charge in [0.25, 0.3) is 0 Å². The van der Waals surface area contributed by atoms with Gasteiger partial charge in [-0.15, -0.1) is 0 Å². The van der Waals surface area contributed by atoms with Crippen LogP contribution in [-0.2, 0) is 16.0 Å². The number of nitrogen functional groups attached to an aromatic ring is 2. The topological polar surface area (TPSA) is 145 Å². The summed E-state index contributed by atoms with van der Waals surface area (Å²) in [5.41, 5.74) is 20.1. The number of ether oxygens (including phenoxy) is 3. The molecule has 154 valence electrons. The van der Waals surface area contributed by atoms with E-state index in [-0.39, 0.29) is 18.8 Å². The van der Waals surface area contributed by atoms with E-state index in [9.17, 15) is 5.26 Å². The summed E-state index contributed by atoms with van der Waals surface area (Å²) in [5, 5.41) is 9.54. The van der Waals surface area contributed by atoms with E-state index in [0.29, 0.717) is 41.4 Å². The summed E-state index contributed by atoms with van der Waals surface area (Å²) in [6.45, 7) is 0.518. The lowest BCUT2D eigenvalue weighted by atomic mass is 10.1. The van der Waals surface area contributed by atoms with Crippen molar-refractivity contribution in [3.8, 4) is 11.9 Å². The zero-order valence-corrected chi connectivity index (χ0v) is 16.5. The van der Waals surface area contributed by atoms with E-state index in [0.717, 1.165) is 0 Å². The second-order valence-electron chi connectivity index (χ2n) is 6.15. The van der Waals surface area contributed by atoms with Crippen molar-refractivity contribution < 1.29 is 14.2 Å². The fraction of sp³-hybridized carbons (Fsp3) is 0.300. The maximum Gasteiger partial charge on any atom is 0.210 e. The Morgan fingerprint density at radius 2 is 1.76 bits per heavy atom. The van der Waals surface area contributed by atoms with Crippen LogP contribution in [-0.4, -0.2) is 38.0 Å². The molecule has 0 aromatic heterocycles. The number of nitrogens with zero attached hydrogens (tertiary/aromatic N) is 3. The molecule has 2 aromatic rings. The molecule has 0 radical (unpaired) electrons. The van der Waals surface area contributed by atoms with Gasteiger partial charge in [-0.2, -0.15) is 5.26 Å². The Morgan fingerprint density at radius 1 is 1.10 bits per heavy atom. The number of anilines is 2. The summed E-state index contributed by atoms with van der Waals surface area (Å²) >= 11 is 0.